The largest absolute Gasteiger partial charge is 0.381 e. The highest BCUT2D eigenvalue weighted by molar-refractivity contribution is 14.0. The standard InChI is InChI=1S/C21H35N3O2.HI/c1-17-6-4-7-20(14-17)18(2)15-24-21(22-3)23-10-5-11-26-16-19-8-12-25-13-9-19;/h4,6-7,14,18-19H,5,8-13,15-16H2,1-3H3,(H2,22,23,24);1H. The second kappa shape index (κ2) is 14.2. The van der Waals surface area contributed by atoms with Crippen LogP contribution in [0.4, 0.5) is 0 Å². The summed E-state index contributed by atoms with van der Waals surface area (Å²) in [5.74, 6) is 1.97. The molecule has 2 N–H and O–H groups in total. The summed E-state index contributed by atoms with van der Waals surface area (Å²) in [6, 6.07) is 8.69. The van der Waals surface area contributed by atoms with Crippen molar-refractivity contribution in [3.8, 4) is 0 Å². The van der Waals surface area contributed by atoms with E-state index in [4.69, 9.17) is 9.47 Å². The molecule has 1 aliphatic rings. The van der Waals surface area contributed by atoms with E-state index in [1.807, 2.05) is 7.05 Å². The molecule has 1 aromatic rings. The highest BCUT2D eigenvalue weighted by Crippen LogP contribution is 2.15. The average Bonchev–Trinajstić information content (AvgIpc) is 2.67. The Kier molecular flexibility index (Phi) is 12.7. The van der Waals surface area contributed by atoms with Gasteiger partial charge in [0, 0.05) is 46.6 Å². The van der Waals surface area contributed by atoms with Crippen LogP contribution in [0.2, 0.25) is 0 Å². The van der Waals surface area contributed by atoms with Crippen LogP contribution in [0, 0.1) is 12.8 Å². The van der Waals surface area contributed by atoms with Crippen LogP contribution in [-0.2, 0) is 9.47 Å². The van der Waals surface area contributed by atoms with Gasteiger partial charge in [0.2, 0.25) is 0 Å². The lowest BCUT2D eigenvalue weighted by Gasteiger charge is -2.21. The molecule has 0 amide bonds. The molecule has 0 aliphatic carbocycles. The van der Waals surface area contributed by atoms with Crippen LogP contribution in [0.15, 0.2) is 29.3 Å². The first kappa shape index (κ1) is 24.2. The van der Waals surface area contributed by atoms with Gasteiger partial charge in [0.15, 0.2) is 5.96 Å². The van der Waals surface area contributed by atoms with Gasteiger partial charge in [-0.25, -0.2) is 0 Å². The van der Waals surface area contributed by atoms with Crippen molar-refractivity contribution in [2.75, 3.05) is 46.6 Å². The maximum Gasteiger partial charge on any atom is 0.190 e. The number of rotatable bonds is 9. The summed E-state index contributed by atoms with van der Waals surface area (Å²) in [5.41, 5.74) is 2.66. The molecule has 1 aliphatic heterocycles. The third kappa shape index (κ3) is 9.76. The first-order chi connectivity index (χ1) is 12.7. The Labute approximate surface area is 181 Å². The molecule has 1 heterocycles. The van der Waals surface area contributed by atoms with Gasteiger partial charge in [-0.2, -0.15) is 0 Å². The highest BCUT2D eigenvalue weighted by Gasteiger charge is 2.13. The molecule has 1 fully saturated rings. The van der Waals surface area contributed by atoms with Crippen molar-refractivity contribution in [3.05, 3.63) is 35.4 Å². The molecule has 2 rings (SSSR count). The molecule has 1 aromatic carbocycles. The Bertz CT molecular complexity index is 548. The molecule has 0 bridgehead atoms. The second-order valence-electron chi connectivity index (χ2n) is 7.18. The third-order valence-electron chi connectivity index (χ3n) is 4.86. The van der Waals surface area contributed by atoms with E-state index in [-0.39, 0.29) is 24.0 Å². The Morgan fingerprint density at radius 1 is 1.30 bits per heavy atom. The van der Waals surface area contributed by atoms with Crippen molar-refractivity contribution in [2.45, 2.75) is 39.0 Å². The van der Waals surface area contributed by atoms with E-state index >= 15 is 0 Å². The normalized spacial score (nSPS) is 16.5. The van der Waals surface area contributed by atoms with Crippen molar-refractivity contribution >= 4 is 29.9 Å². The quantitative estimate of drug-likeness (QED) is 0.240. The van der Waals surface area contributed by atoms with Gasteiger partial charge in [0.25, 0.3) is 0 Å². The number of ether oxygens (including phenoxy) is 2. The zero-order valence-electron chi connectivity index (χ0n) is 17.0. The van der Waals surface area contributed by atoms with Gasteiger partial charge in [-0.3, -0.25) is 4.99 Å². The van der Waals surface area contributed by atoms with E-state index in [2.05, 4.69) is 53.7 Å². The van der Waals surface area contributed by atoms with Crippen molar-refractivity contribution in [1.29, 1.82) is 0 Å². The number of halogens is 1. The maximum atomic E-state index is 5.80. The Balaban J connectivity index is 0.00000364. The third-order valence-corrected chi connectivity index (χ3v) is 4.86. The van der Waals surface area contributed by atoms with Gasteiger partial charge in [-0.1, -0.05) is 36.8 Å². The fourth-order valence-electron chi connectivity index (χ4n) is 3.11. The van der Waals surface area contributed by atoms with Gasteiger partial charge >= 0.3 is 0 Å². The monoisotopic (exact) mass is 489 g/mol. The van der Waals surface area contributed by atoms with Gasteiger partial charge in [-0.15, -0.1) is 24.0 Å². The summed E-state index contributed by atoms with van der Waals surface area (Å²) in [6.45, 7) is 9.53. The number of hydrogen-bond acceptors (Lipinski definition) is 3. The predicted octanol–water partition coefficient (Wildman–Crippen LogP) is 3.71. The van der Waals surface area contributed by atoms with Crippen LogP contribution in [0.5, 0.6) is 0 Å². The van der Waals surface area contributed by atoms with Crippen molar-refractivity contribution < 1.29 is 9.47 Å². The molecular weight excluding hydrogens is 453 g/mol. The predicted molar refractivity (Wildman–Crippen MR) is 123 cm³/mol. The number of nitrogens with one attached hydrogen (secondary N) is 2. The van der Waals surface area contributed by atoms with Crippen LogP contribution in [0.25, 0.3) is 0 Å². The van der Waals surface area contributed by atoms with E-state index in [0.717, 1.165) is 64.7 Å². The van der Waals surface area contributed by atoms with Crippen LogP contribution in [0.3, 0.4) is 0 Å². The second-order valence-corrected chi connectivity index (χ2v) is 7.18. The minimum absolute atomic E-state index is 0. The highest BCUT2D eigenvalue weighted by atomic mass is 127. The minimum Gasteiger partial charge on any atom is -0.381 e. The smallest absolute Gasteiger partial charge is 0.190 e. The van der Waals surface area contributed by atoms with Gasteiger partial charge in [0.05, 0.1) is 0 Å². The summed E-state index contributed by atoms with van der Waals surface area (Å²) in [5, 5.41) is 6.78. The summed E-state index contributed by atoms with van der Waals surface area (Å²) in [7, 11) is 1.81. The molecule has 154 valence electrons. The Morgan fingerprint density at radius 3 is 2.78 bits per heavy atom. The Hall–Kier alpha value is -0.860. The first-order valence-electron chi connectivity index (χ1n) is 9.85. The Morgan fingerprint density at radius 2 is 2.07 bits per heavy atom. The summed E-state index contributed by atoms with van der Waals surface area (Å²) >= 11 is 0. The topological polar surface area (TPSA) is 54.9 Å². The molecular formula is C21H36IN3O2. The zero-order valence-corrected chi connectivity index (χ0v) is 19.3. The maximum absolute atomic E-state index is 5.80. The van der Waals surface area contributed by atoms with Gasteiger partial charge < -0.3 is 20.1 Å². The fraction of sp³-hybridized carbons (Fsp3) is 0.667. The molecule has 27 heavy (non-hydrogen) atoms. The minimum atomic E-state index is 0. The van der Waals surface area contributed by atoms with Crippen LogP contribution < -0.4 is 10.6 Å². The van der Waals surface area contributed by atoms with Crippen molar-refractivity contribution in [1.82, 2.24) is 10.6 Å². The van der Waals surface area contributed by atoms with E-state index in [9.17, 15) is 0 Å². The molecule has 0 spiro atoms. The van der Waals surface area contributed by atoms with E-state index < -0.39 is 0 Å². The molecule has 5 nitrogen and oxygen atoms in total. The molecule has 6 heteroatoms. The van der Waals surface area contributed by atoms with E-state index in [1.165, 1.54) is 11.1 Å². The summed E-state index contributed by atoms with van der Waals surface area (Å²) in [6.07, 6.45) is 3.25. The fourth-order valence-corrected chi connectivity index (χ4v) is 3.11. The van der Waals surface area contributed by atoms with E-state index in [1.54, 1.807) is 0 Å². The zero-order chi connectivity index (χ0) is 18.6. The molecule has 0 saturated carbocycles. The van der Waals surface area contributed by atoms with Gasteiger partial charge in [0.1, 0.15) is 0 Å². The van der Waals surface area contributed by atoms with Crippen LogP contribution >= 0.6 is 24.0 Å². The van der Waals surface area contributed by atoms with Gasteiger partial charge in [-0.05, 0) is 43.6 Å². The molecule has 1 saturated heterocycles. The first-order valence-corrected chi connectivity index (χ1v) is 9.85. The molecule has 1 atom stereocenters. The van der Waals surface area contributed by atoms with Crippen molar-refractivity contribution in [3.63, 3.8) is 0 Å². The summed E-state index contributed by atoms with van der Waals surface area (Å²) in [4.78, 5) is 4.30. The number of nitrogens with zero attached hydrogens (tertiary/aromatic N) is 1. The molecule has 0 aromatic heterocycles. The van der Waals surface area contributed by atoms with E-state index in [0.29, 0.717) is 11.8 Å². The lowest BCUT2D eigenvalue weighted by molar-refractivity contribution is 0.0203. The number of guanidine groups is 1. The average molecular weight is 489 g/mol. The van der Waals surface area contributed by atoms with Crippen molar-refractivity contribution in [2.24, 2.45) is 10.9 Å². The van der Waals surface area contributed by atoms with Crippen LogP contribution in [-0.4, -0.2) is 52.5 Å². The lowest BCUT2D eigenvalue weighted by atomic mass is 9.99. The molecule has 0 radical (unpaired) electrons. The number of aryl methyl sites for hydroxylation is 1. The number of hydrogen-bond donors (Lipinski definition) is 2. The number of aliphatic imine (C=N–C) groups is 1. The SMILES string of the molecule is CN=C(NCCCOCC1CCOCC1)NCC(C)c1cccc(C)c1.I. The molecule has 1 unspecified atom stereocenters. The summed E-state index contributed by atoms with van der Waals surface area (Å²) < 4.78 is 11.2. The lowest BCUT2D eigenvalue weighted by Crippen LogP contribution is -2.39. The number of benzene rings is 1. The van der Waals surface area contributed by atoms with Crippen LogP contribution in [0.1, 0.15) is 43.2 Å².